The lowest BCUT2D eigenvalue weighted by atomic mass is 10.2. The van der Waals surface area contributed by atoms with Gasteiger partial charge in [-0.25, -0.2) is 0 Å². The first-order valence-electron chi connectivity index (χ1n) is 5.34. The van der Waals surface area contributed by atoms with Crippen LogP contribution in [0.5, 0.6) is 0 Å². The van der Waals surface area contributed by atoms with Gasteiger partial charge in [0.05, 0.1) is 12.2 Å². The van der Waals surface area contributed by atoms with Gasteiger partial charge in [0, 0.05) is 30.2 Å². The SMILES string of the molecule is Cc1nn(Cc2cccnc2)c(C)c1CN. The summed E-state index contributed by atoms with van der Waals surface area (Å²) >= 11 is 0. The minimum atomic E-state index is 0.546. The fourth-order valence-corrected chi connectivity index (χ4v) is 1.85. The van der Waals surface area contributed by atoms with Crippen molar-refractivity contribution in [2.24, 2.45) is 5.73 Å². The Morgan fingerprint density at radius 3 is 2.75 bits per heavy atom. The van der Waals surface area contributed by atoms with Gasteiger partial charge in [-0.15, -0.1) is 0 Å². The summed E-state index contributed by atoms with van der Waals surface area (Å²) in [5, 5.41) is 4.49. The lowest BCUT2D eigenvalue weighted by Gasteiger charge is -2.04. The number of aryl methyl sites for hydroxylation is 1. The lowest BCUT2D eigenvalue weighted by molar-refractivity contribution is 0.656. The molecule has 2 aromatic heterocycles. The van der Waals surface area contributed by atoms with Crippen LogP contribution in [0.3, 0.4) is 0 Å². The van der Waals surface area contributed by atoms with Gasteiger partial charge in [0.25, 0.3) is 0 Å². The van der Waals surface area contributed by atoms with Crippen molar-refractivity contribution in [3.63, 3.8) is 0 Å². The molecule has 4 heteroatoms. The molecule has 0 aliphatic heterocycles. The normalized spacial score (nSPS) is 10.7. The summed E-state index contributed by atoms with van der Waals surface area (Å²) in [6.07, 6.45) is 3.63. The summed E-state index contributed by atoms with van der Waals surface area (Å²) in [5.74, 6) is 0. The van der Waals surface area contributed by atoms with E-state index in [0.717, 1.165) is 29.1 Å². The molecule has 0 unspecified atom stereocenters. The molecule has 0 aromatic carbocycles. The van der Waals surface area contributed by atoms with Crippen LogP contribution in [0.1, 0.15) is 22.5 Å². The van der Waals surface area contributed by atoms with Crippen molar-refractivity contribution in [1.82, 2.24) is 14.8 Å². The maximum Gasteiger partial charge on any atom is 0.0677 e. The van der Waals surface area contributed by atoms with Crippen LogP contribution in [-0.2, 0) is 13.1 Å². The van der Waals surface area contributed by atoms with Crippen LogP contribution in [0, 0.1) is 13.8 Å². The topological polar surface area (TPSA) is 56.7 Å². The van der Waals surface area contributed by atoms with Gasteiger partial charge in [0.1, 0.15) is 0 Å². The number of nitrogens with two attached hydrogens (primary N) is 1. The average Bonchev–Trinajstić information content (AvgIpc) is 2.55. The zero-order valence-corrected chi connectivity index (χ0v) is 9.64. The summed E-state index contributed by atoms with van der Waals surface area (Å²) in [6.45, 7) is 5.35. The Balaban J connectivity index is 2.29. The molecule has 0 saturated carbocycles. The van der Waals surface area contributed by atoms with E-state index in [2.05, 4.69) is 17.0 Å². The lowest BCUT2D eigenvalue weighted by Crippen LogP contribution is -2.05. The Morgan fingerprint density at radius 2 is 2.19 bits per heavy atom. The van der Waals surface area contributed by atoms with E-state index in [9.17, 15) is 0 Å². The molecule has 2 rings (SSSR count). The van der Waals surface area contributed by atoms with Crippen LogP contribution in [0.25, 0.3) is 0 Å². The number of pyridine rings is 1. The third-order valence-electron chi connectivity index (χ3n) is 2.79. The second kappa shape index (κ2) is 4.45. The highest BCUT2D eigenvalue weighted by Crippen LogP contribution is 2.13. The summed E-state index contributed by atoms with van der Waals surface area (Å²) in [5.41, 5.74) is 10.1. The third kappa shape index (κ3) is 1.97. The molecule has 0 aliphatic rings. The van der Waals surface area contributed by atoms with Gasteiger partial charge in [-0.05, 0) is 25.5 Å². The summed E-state index contributed by atoms with van der Waals surface area (Å²) < 4.78 is 1.98. The maximum atomic E-state index is 5.69. The van der Waals surface area contributed by atoms with Crippen LogP contribution >= 0.6 is 0 Å². The van der Waals surface area contributed by atoms with Crippen LogP contribution in [0.15, 0.2) is 24.5 Å². The smallest absolute Gasteiger partial charge is 0.0677 e. The Morgan fingerprint density at radius 1 is 1.38 bits per heavy atom. The number of aromatic nitrogens is 3. The van der Waals surface area contributed by atoms with E-state index in [4.69, 9.17) is 5.73 Å². The van der Waals surface area contributed by atoms with Gasteiger partial charge in [0.15, 0.2) is 0 Å². The van der Waals surface area contributed by atoms with E-state index in [-0.39, 0.29) is 0 Å². The highest BCUT2D eigenvalue weighted by Gasteiger charge is 2.09. The maximum absolute atomic E-state index is 5.69. The van der Waals surface area contributed by atoms with Crippen molar-refractivity contribution >= 4 is 0 Å². The average molecular weight is 216 g/mol. The van der Waals surface area contributed by atoms with Gasteiger partial charge in [-0.3, -0.25) is 9.67 Å². The fourth-order valence-electron chi connectivity index (χ4n) is 1.85. The van der Waals surface area contributed by atoms with Crippen molar-refractivity contribution in [3.8, 4) is 0 Å². The second-order valence-electron chi connectivity index (χ2n) is 3.87. The third-order valence-corrected chi connectivity index (χ3v) is 2.79. The van der Waals surface area contributed by atoms with Gasteiger partial charge in [-0.1, -0.05) is 6.07 Å². The largest absolute Gasteiger partial charge is 0.326 e. The molecule has 0 radical (unpaired) electrons. The molecular formula is C12H16N4. The van der Waals surface area contributed by atoms with Crippen molar-refractivity contribution in [1.29, 1.82) is 0 Å². The van der Waals surface area contributed by atoms with E-state index in [1.807, 2.05) is 29.9 Å². The molecule has 0 aliphatic carbocycles. The fraction of sp³-hybridized carbons (Fsp3) is 0.333. The van der Waals surface area contributed by atoms with E-state index in [1.54, 1.807) is 6.20 Å². The number of hydrogen-bond donors (Lipinski definition) is 1. The Labute approximate surface area is 95.1 Å². The molecule has 4 nitrogen and oxygen atoms in total. The molecule has 2 aromatic rings. The van der Waals surface area contributed by atoms with Crippen LogP contribution in [0.4, 0.5) is 0 Å². The molecule has 0 fully saturated rings. The molecule has 0 amide bonds. The number of nitrogens with zero attached hydrogens (tertiary/aromatic N) is 3. The van der Waals surface area contributed by atoms with Gasteiger partial charge < -0.3 is 5.73 Å². The van der Waals surface area contributed by atoms with E-state index < -0.39 is 0 Å². The van der Waals surface area contributed by atoms with Gasteiger partial charge in [-0.2, -0.15) is 5.10 Å². The van der Waals surface area contributed by atoms with Crippen molar-refractivity contribution in [2.45, 2.75) is 26.9 Å². The number of rotatable bonds is 3. The van der Waals surface area contributed by atoms with Crippen LogP contribution in [-0.4, -0.2) is 14.8 Å². The van der Waals surface area contributed by atoms with Gasteiger partial charge in [0.2, 0.25) is 0 Å². The van der Waals surface area contributed by atoms with Crippen LogP contribution < -0.4 is 5.73 Å². The molecule has 2 N–H and O–H groups in total. The van der Waals surface area contributed by atoms with Crippen molar-refractivity contribution < 1.29 is 0 Å². The van der Waals surface area contributed by atoms with E-state index >= 15 is 0 Å². The second-order valence-corrected chi connectivity index (χ2v) is 3.87. The minimum Gasteiger partial charge on any atom is -0.326 e. The Bertz CT molecular complexity index is 473. The summed E-state index contributed by atoms with van der Waals surface area (Å²) in [7, 11) is 0. The monoisotopic (exact) mass is 216 g/mol. The molecule has 0 spiro atoms. The molecular weight excluding hydrogens is 200 g/mol. The predicted molar refractivity (Wildman–Crippen MR) is 62.9 cm³/mol. The van der Waals surface area contributed by atoms with Crippen molar-refractivity contribution in [2.75, 3.05) is 0 Å². The van der Waals surface area contributed by atoms with E-state index in [0.29, 0.717) is 6.54 Å². The zero-order valence-electron chi connectivity index (χ0n) is 9.64. The molecule has 0 saturated heterocycles. The van der Waals surface area contributed by atoms with Crippen molar-refractivity contribution in [3.05, 3.63) is 47.0 Å². The van der Waals surface area contributed by atoms with Crippen LogP contribution in [0.2, 0.25) is 0 Å². The standard InChI is InChI=1S/C12H16N4/c1-9-12(6-13)10(2)16(15-9)8-11-4-3-5-14-7-11/h3-5,7H,6,8,13H2,1-2H3. The highest BCUT2D eigenvalue weighted by atomic mass is 15.3. The highest BCUT2D eigenvalue weighted by molar-refractivity contribution is 5.25. The first kappa shape index (κ1) is 10.8. The quantitative estimate of drug-likeness (QED) is 0.843. The van der Waals surface area contributed by atoms with Gasteiger partial charge >= 0.3 is 0 Å². The summed E-state index contributed by atoms with van der Waals surface area (Å²) in [4.78, 5) is 4.09. The molecule has 2 heterocycles. The Hall–Kier alpha value is -1.68. The summed E-state index contributed by atoms with van der Waals surface area (Å²) in [6, 6.07) is 3.98. The number of hydrogen-bond acceptors (Lipinski definition) is 3. The first-order chi connectivity index (χ1) is 7.72. The minimum absolute atomic E-state index is 0.546. The van der Waals surface area contributed by atoms with E-state index in [1.165, 1.54) is 0 Å². The Kier molecular flexibility index (Phi) is 3.01. The first-order valence-corrected chi connectivity index (χ1v) is 5.34. The zero-order chi connectivity index (χ0) is 11.5. The molecule has 16 heavy (non-hydrogen) atoms. The molecule has 0 atom stereocenters. The molecule has 0 bridgehead atoms. The molecule has 84 valence electrons. The predicted octanol–water partition coefficient (Wildman–Crippen LogP) is 1.40.